The molecule has 0 aliphatic heterocycles. The molecule has 0 amide bonds. The lowest BCUT2D eigenvalue weighted by molar-refractivity contribution is -0.384. The molecule has 0 aliphatic carbocycles. The van der Waals surface area contributed by atoms with Gasteiger partial charge in [0.1, 0.15) is 0 Å². The van der Waals surface area contributed by atoms with Crippen LogP contribution in [0.15, 0.2) is 24.3 Å². The molecular formula is C10H14N2O2. The smallest absolute Gasteiger partial charge is 0.269 e. The first-order valence-corrected chi connectivity index (χ1v) is 4.54. The topological polar surface area (TPSA) is 55.2 Å². The van der Waals surface area contributed by atoms with Gasteiger partial charge in [0, 0.05) is 18.2 Å². The first kappa shape index (κ1) is 10.7. The van der Waals surface area contributed by atoms with E-state index in [1.54, 1.807) is 12.1 Å². The summed E-state index contributed by atoms with van der Waals surface area (Å²) < 4.78 is 0. The Morgan fingerprint density at radius 3 is 2.43 bits per heavy atom. The standard InChI is InChI=1S/C10H14N2O2/c1-8(11-2)7-9-3-5-10(6-4-9)12(13)14/h3-6,8,11H,7H2,1-2H3. The maximum atomic E-state index is 10.4. The Hall–Kier alpha value is -1.42. The molecule has 1 aromatic rings. The molecule has 76 valence electrons. The summed E-state index contributed by atoms with van der Waals surface area (Å²) in [5.41, 5.74) is 1.25. The summed E-state index contributed by atoms with van der Waals surface area (Å²) in [5, 5.41) is 13.5. The Labute approximate surface area is 83.1 Å². The molecule has 0 radical (unpaired) electrons. The van der Waals surface area contributed by atoms with Gasteiger partial charge >= 0.3 is 0 Å². The molecule has 0 fully saturated rings. The van der Waals surface area contributed by atoms with Crippen LogP contribution < -0.4 is 5.32 Å². The first-order chi connectivity index (χ1) is 6.63. The van der Waals surface area contributed by atoms with E-state index in [2.05, 4.69) is 12.2 Å². The van der Waals surface area contributed by atoms with E-state index in [4.69, 9.17) is 0 Å². The Morgan fingerprint density at radius 1 is 1.43 bits per heavy atom. The minimum atomic E-state index is -0.384. The third kappa shape index (κ3) is 2.81. The van der Waals surface area contributed by atoms with Gasteiger partial charge < -0.3 is 5.32 Å². The van der Waals surface area contributed by atoms with Gasteiger partial charge in [0.05, 0.1) is 4.92 Å². The van der Waals surface area contributed by atoms with Crippen molar-refractivity contribution < 1.29 is 4.92 Å². The SMILES string of the molecule is CNC(C)Cc1ccc([N+](=O)[O-])cc1. The molecule has 1 N–H and O–H groups in total. The number of likely N-dealkylation sites (N-methyl/N-ethyl adjacent to an activating group) is 1. The zero-order chi connectivity index (χ0) is 10.6. The maximum absolute atomic E-state index is 10.4. The second-order valence-electron chi connectivity index (χ2n) is 3.32. The predicted molar refractivity (Wildman–Crippen MR) is 55.3 cm³/mol. The molecule has 1 rings (SSSR count). The summed E-state index contributed by atoms with van der Waals surface area (Å²) in [6.45, 7) is 2.07. The van der Waals surface area contributed by atoms with Crippen molar-refractivity contribution in [1.82, 2.24) is 5.32 Å². The molecule has 1 atom stereocenters. The molecule has 4 heteroatoms. The maximum Gasteiger partial charge on any atom is 0.269 e. The predicted octanol–water partition coefficient (Wildman–Crippen LogP) is 1.75. The van der Waals surface area contributed by atoms with Crippen LogP contribution in [0, 0.1) is 10.1 Å². The Balaban J connectivity index is 2.68. The monoisotopic (exact) mass is 194 g/mol. The van der Waals surface area contributed by atoms with Crippen LogP contribution in [-0.2, 0) is 6.42 Å². The Bertz CT molecular complexity index is 308. The summed E-state index contributed by atoms with van der Waals surface area (Å²) in [5.74, 6) is 0. The van der Waals surface area contributed by atoms with Crippen LogP contribution in [0.4, 0.5) is 5.69 Å². The molecule has 1 aromatic carbocycles. The second-order valence-corrected chi connectivity index (χ2v) is 3.32. The third-order valence-corrected chi connectivity index (χ3v) is 2.18. The lowest BCUT2D eigenvalue weighted by Gasteiger charge is -2.09. The number of nitro groups is 1. The number of nitrogens with one attached hydrogen (secondary N) is 1. The lowest BCUT2D eigenvalue weighted by atomic mass is 10.1. The summed E-state index contributed by atoms with van der Waals surface area (Å²) in [6.07, 6.45) is 0.883. The molecule has 0 saturated heterocycles. The number of rotatable bonds is 4. The zero-order valence-electron chi connectivity index (χ0n) is 8.36. The van der Waals surface area contributed by atoms with Crippen LogP contribution in [-0.4, -0.2) is 18.0 Å². The molecule has 0 saturated carbocycles. The lowest BCUT2D eigenvalue weighted by Crippen LogP contribution is -2.23. The molecule has 0 bridgehead atoms. The van der Waals surface area contributed by atoms with Crippen LogP contribution in [0.3, 0.4) is 0 Å². The van der Waals surface area contributed by atoms with E-state index in [1.807, 2.05) is 7.05 Å². The summed E-state index contributed by atoms with van der Waals surface area (Å²) in [4.78, 5) is 10.0. The summed E-state index contributed by atoms with van der Waals surface area (Å²) >= 11 is 0. The van der Waals surface area contributed by atoms with E-state index >= 15 is 0 Å². The second kappa shape index (κ2) is 4.72. The first-order valence-electron chi connectivity index (χ1n) is 4.54. The fourth-order valence-corrected chi connectivity index (χ4v) is 1.21. The van der Waals surface area contributed by atoms with Crippen LogP contribution >= 0.6 is 0 Å². The van der Waals surface area contributed by atoms with Crippen molar-refractivity contribution in [3.05, 3.63) is 39.9 Å². The van der Waals surface area contributed by atoms with E-state index in [0.717, 1.165) is 12.0 Å². The quantitative estimate of drug-likeness (QED) is 0.586. The number of benzene rings is 1. The van der Waals surface area contributed by atoms with E-state index in [1.165, 1.54) is 12.1 Å². The van der Waals surface area contributed by atoms with Gasteiger partial charge in [-0.1, -0.05) is 12.1 Å². The highest BCUT2D eigenvalue weighted by molar-refractivity contribution is 5.33. The fraction of sp³-hybridized carbons (Fsp3) is 0.400. The van der Waals surface area contributed by atoms with Crippen molar-refractivity contribution in [3.8, 4) is 0 Å². The van der Waals surface area contributed by atoms with Crippen LogP contribution in [0.5, 0.6) is 0 Å². The average Bonchev–Trinajstić information content (AvgIpc) is 2.18. The van der Waals surface area contributed by atoms with Gasteiger partial charge in [0.25, 0.3) is 5.69 Å². The number of hydrogen-bond donors (Lipinski definition) is 1. The molecule has 0 aromatic heterocycles. The molecule has 0 aliphatic rings. The van der Waals surface area contributed by atoms with E-state index < -0.39 is 0 Å². The van der Waals surface area contributed by atoms with Gasteiger partial charge in [0.2, 0.25) is 0 Å². The normalized spacial score (nSPS) is 12.4. The van der Waals surface area contributed by atoms with Gasteiger partial charge in [-0.25, -0.2) is 0 Å². The molecular weight excluding hydrogens is 180 g/mol. The van der Waals surface area contributed by atoms with Crippen LogP contribution in [0.25, 0.3) is 0 Å². The molecule has 0 heterocycles. The highest BCUT2D eigenvalue weighted by Crippen LogP contribution is 2.12. The highest BCUT2D eigenvalue weighted by Gasteiger charge is 2.05. The number of nitro benzene ring substituents is 1. The average molecular weight is 194 g/mol. The number of non-ortho nitro benzene ring substituents is 1. The molecule has 14 heavy (non-hydrogen) atoms. The van der Waals surface area contributed by atoms with Gasteiger partial charge in [0.15, 0.2) is 0 Å². The zero-order valence-corrected chi connectivity index (χ0v) is 8.36. The van der Waals surface area contributed by atoms with Crippen molar-refractivity contribution >= 4 is 5.69 Å². The minimum Gasteiger partial charge on any atom is -0.317 e. The van der Waals surface area contributed by atoms with Gasteiger partial charge in [-0.15, -0.1) is 0 Å². The Kier molecular flexibility index (Phi) is 3.59. The third-order valence-electron chi connectivity index (χ3n) is 2.18. The molecule has 0 spiro atoms. The van der Waals surface area contributed by atoms with Crippen molar-refractivity contribution in [3.63, 3.8) is 0 Å². The minimum absolute atomic E-state index is 0.144. The van der Waals surface area contributed by atoms with Crippen LogP contribution in [0.2, 0.25) is 0 Å². The fourth-order valence-electron chi connectivity index (χ4n) is 1.21. The van der Waals surface area contributed by atoms with Gasteiger partial charge in [-0.3, -0.25) is 10.1 Å². The molecule has 1 unspecified atom stereocenters. The highest BCUT2D eigenvalue weighted by atomic mass is 16.6. The van der Waals surface area contributed by atoms with Crippen molar-refractivity contribution in [2.75, 3.05) is 7.05 Å². The number of nitrogens with zero attached hydrogens (tertiary/aromatic N) is 1. The van der Waals surface area contributed by atoms with Gasteiger partial charge in [-0.2, -0.15) is 0 Å². The van der Waals surface area contributed by atoms with Crippen LogP contribution in [0.1, 0.15) is 12.5 Å². The van der Waals surface area contributed by atoms with Gasteiger partial charge in [-0.05, 0) is 26.0 Å². The van der Waals surface area contributed by atoms with E-state index in [9.17, 15) is 10.1 Å². The van der Waals surface area contributed by atoms with Crippen molar-refractivity contribution in [2.24, 2.45) is 0 Å². The summed E-state index contributed by atoms with van der Waals surface area (Å²) in [6, 6.07) is 7.06. The summed E-state index contributed by atoms with van der Waals surface area (Å²) in [7, 11) is 1.90. The van der Waals surface area contributed by atoms with Crippen molar-refractivity contribution in [1.29, 1.82) is 0 Å². The Morgan fingerprint density at radius 2 is 2.00 bits per heavy atom. The molecule has 4 nitrogen and oxygen atoms in total. The number of hydrogen-bond acceptors (Lipinski definition) is 3. The van der Waals surface area contributed by atoms with Crippen molar-refractivity contribution in [2.45, 2.75) is 19.4 Å². The van der Waals surface area contributed by atoms with E-state index in [0.29, 0.717) is 6.04 Å². The van der Waals surface area contributed by atoms with E-state index in [-0.39, 0.29) is 10.6 Å². The largest absolute Gasteiger partial charge is 0.317 e.